The number of fused-ring (bicyclic) bond motifs is 2. The van der Waals surface area contributed by atoms with Gasteiger partial charge in [0.05, 0.1) is 17.6 Å². The third-order valence-electron chi connectivity index (χ3n) is 12.9. The summed E-state index contributed by atoms with van der Waals surface area (Å²) in [6.45, 7) is 10.3. The lowest BCUT2D eigenvalue weighted by Gasteiger charge is -2.39. The first-order valence-electron chi connectivity index (χ1n) is 22.9. The molecule has 5 atom stereocenters. The number of amides is 7. The van der Waals surface area contributed by atoms with Crippen LogP contribution in [-0.4, -0.2) is 115 Å². The van der Waals surface area contributed by atoms with E-state index in [1.807, 2.05) is 18.2 Å². The highest BCUT2D eigenvalue weighted by Gasteiger charge is 2.47. The summed E-state index contributed by atoms with van der Waals surface area (Å²) >= 11 is 0. The minimum absolute atomic E-state index is 0.0914. The zero-order chi connectivity index (χ0) is 47.5. The number of nitrogens with one attached hydrogen (secondary N) is 3. The number of ether oxygens (including phenoxy) is 2. The minimum atomic E-state index is -1.23. The highest BCUT2D eigenvalue weighted by molar-refractivity contribution is 6.00. The molecule has 1 aromatic carbocycles. The topological polar surface area (TPSA) is 251 Å². The van der Waals surface area contributed by atoms with E-state index in [1.54, 1.807) is 53.5 Å². The lowest BCUT2D eigenvalue weighted by atomic mass is 9.78. The third kappa shape index (κ3) is 12.1. The van der Waals surface area contributed by atoms with Crippen molar-refractivity contribution in [2.75, 3.05) is 13.1 Å². The van der Waals surface area contributed by atoms with E-state index >= 15 is 0 Å². The monoisotopic (exact) mass is 906 g/mol. The fraction of sp³-hybridized carbons (Fsp3) is 0.674. The lowest BCUT2D eigenvalue weighted by molar-refractivity contribution is -0.159. The Kier molecular flexibility index (Phi) is 14.8. The number of carbonyl (C=O) groups excluding carboxylic acids is 8. The number of nitrogens with zero attached hydrogens (tertiary/aromatic N) is 4. The van der Waals surface area contributed by atoms with Crippen LogP contribution in [0.3, 0.4) is 0 Å². The number of imide groups is 1. The first-order valence-corrected chi connectivity index (χ1v) is 22.9. The van der Waals surface area contributed by atoms with Gasteiger partial charge in [-0.05, 0) is 135 Å². The van der Waals surface area contributed by atoms with Gasteiger partial charge in [-0.25, -0.2) is 14.4 Å². The zero-order valence-electron chi connectivity index (χ0n) is 38.7. The van der Waals surface area contributed by atoms with Gasteiger partial charge in [0, 0.05) is 38.9 Å². The molecule has 4 aliphatic rings. The van der Waals surface area contributed by atoms with E-state index in [9.17, 15) is 43.2 Å². The van der Waals surface area contributed by atoms with Crippen molar-refractivity contribution in [2.24, 2.45) is 24.6 Å². The Morgan fingerprint density at radius 2 is 1.54 bits per heavy atom. The SMILES string of the molecule is Cn1c(=O)n(C2CCC(=O)NC2=O)c2ccc(C[C@H]3CC[C@H](CC(=O)N4CC[C@H]5CC[C@@H](C(=O)N[C@@H](CCC(N)=O)C(=O)OC(C)(C)C)N5C(=O)[C@@H](NC(=O)OC(C)(C)C)C4)CC3)cc21. The standard InChI is InChI=1S/C46H66N8O11/c1-45(2,3)64-42(61)30(14-18-36(47)55)48-39(58)33-16-13-29-20-21-52(25-31(41(60)53(29)33)49-43(62)65-46(4,5)6)38(57)24-27-10-8-26(9-11-27)22-28-12-15-32-35(23-28)51(7)44(63)54(32)34-17-19-37(56)50-40(34)59/h12,15,23,26-27,29-31,33-34H,8-11,13-14,16-22,24-25H2,1-7H3,(H2,47,55)(H,48,58)(H,49,62)(H,50,56,59)/t26-,27-,29-,30+,31+,33+,34?/m1/s1. The second-order valence-corrected chi connectivity index (χ2v) is 20.2. The Balaban J connectivity index is 1.10. The number of benzene rings is 1. The van der Waals surface area contributed by atoms with Crippen LogP contribution < -0.4 is 27.4 Å². The van der Waals surface area contributed by atoms with Crippen molar-refractivity contribution in [3.63, 3.8) is 0 Å². The molecule has 1 aliphatic carbocycles. The molecule has 0 radical (unpaired) electrons. The number of aryl methyl sites for hydroxylation is 1. The molecule has 19 heteroatoms. The second-order valence-electron chi connectivity index (χ2n) is 20.2. The summed E-state index contributed by atoms with van der Waals surface area (Å²) < 4.78 is 14.0. The lowest BCUT2D eigenvalue weighted by Crippen LogP contribution is -2.62. The largest absolute Gasteiger partial charge is 0.458 e. The van der Waals surface area contributed by atoms with Crippen molar-refractivity contribution in [3.05, 3.63) is 34.2 Å². The number of carbonyl (C=O) groups is 8. The van der Waals surface area contributed by atoms with E-state index < -0.39 is 77.1 Å². The Morgan fingerprint density at radius 1 is 0.862 bits per heavy atom. The molecule has 19 nitrogen and oxygen atoms in total. The number of hydrogen-bond acceptors (Lipinski definition) is 11. The molecule has 356 valence electrons. The van der Waals surface area contributed by atoms with Crippen molar-refractivity contribution in [1.82, 2.24) is 34.9 Å². The van der Waals surface area contributed by atoms with E-state index in [-0.39, 0.29) is 68.5 Å². The molecule has 0 spiro atoms. The van der Waals surface area contributed by atoms with Gasteiger partial charge in [-0.1, -0.05) is 6.07 Å². The average molecular weight is 907 g/mol. The van der Waals surface area contributed by atoms with Crippen molar-refractivity contribution in [3.8, 4) is 0 Å². The van der Waals surface area contributed by atoms with Gasteiger partial charge in [-0.3, -0.25) is 43.2 Å². The number of nitrogens with two attached hydrogens (primary N) is 1. The predicted octanol–water partition coefficient (Wildman–Crippen LogP) is 2.63. The summed E-state index contributed by atoms with van der Waals surface area (Å²) in [5.41, 5.74) is 5.72. The number of piperidine rings is 1. The molecule has 3 aliphatic heterocycles. The number of aromatic nitrogens is 2. The Bertz CT molecular complexity index is 2250. The summed E-state index contributed by atoms with van der Waals surface area (Å²) in [6, 6.07) is 1.26. The fourth-order valence-corrected chi connectivity index (χ4v) is 9.71. The zero-order valence-corrected chi connectivity index (χ0v) is 38.7. The Morgan fingerprint density at radius 3 is 2.18 bits per heavy atom. The molecule has 6 rings (SSSR count). The van der Waals surface area contributed by atoms with Gasteiger partial charge in [0.15, 0.2) is 0 Å². The maximum absolute atomic E-state index is 14.5. The Hall–Kier alpha value is -5.75. The molecule has 65 heavy (non-hydrogen) atoms. The van der Waals surface area contributed by atoms with Crippen molar-refractivity contribution in [2.45, 2.75) is 166 Å². The van der Waals surface area contributed by atoms with E-state index in [1.165, 1.54) is 14.0 Å². The summed E-state index contributed by atoms with van der Waals surface area (Å²) in [5.74, 6) is -3.01. The predicted molar refractivity (Wildman–Crippen MR) is 237 cm³/mol. The number of alkyl carbamates (subject to hydrolysis) is 1. The molecule has 4 heterocycles. The summed E-state index contributed by atoms with van der Waals surface area (Å²) in [5, 5.41) is 7.73. The molecule has 5 N–H and O–H groups in total. The average Bonchev–Trinajstić information content (AvgIpc) is 3.73. The number of imidazole rings is 1. The van der Waals surface area contributed by atoms with Crippen LogP contribution in [0, 0.1) is 11.8 Å². The number of esters is 1. The van der Waals surface area contributed by atoms with Crippen molar-refractivity contribution in [1.29, 1.82) is 0 Å². The quantitative estimate of drug-likeness (QED) is 0.178. The van der Waals surface area contributed by atoms with Crippen LogP contribution in [0.5, 0.6) is 0 Å². The van der Waals surface area contributed by atoms with Gasteiger partial charge in [-0.2, -0.15) is 0 Å². The van der Waals surface area contributed by atoms with E-state index in [0.29, 0.717) is 36.3 Å². The van der Waals surface area contributed by atoms with Gasteiger partial charge in [0.1, 0.15) is 35.4 Å². The first kappa shape index (κ1) is 48.7. The molecule has 3 saturated heterocycles. The van der Waals surface area contributed by atoms with Crippen LogP contribution in [0.4, 0.5) is 4.79 Å². The van der Waals surface area contributed by atoms with Crippen LogP contribution in [0.25, 0.3) is 11.0 Å². The molecule has 1 unspecified atom stereocenters. The van der Waals surface area contributed by atoms with Crippen LogP contribution in [0.1, 0.15) is 130 Å². The van der Waals surface area contributed by atoms with E-state index in [2.05, 4.69) is 16.0 Å². The van der Waals surface area contributed by atoms with Crippen LogP contribution in [0.15, 0.2) is 23.0 Å². The van der Waals surface area contributed by atoms with Crippen molar-refractivity contribution < 1.29 is 47.8 Å². The van der Waals surface area contributed by atoms with Crippen LogP contribution >= 0.6 is 0 Å². The number of hydrogen-bond donors (Lipinski definition) is 4. The molecule has 7 amide bonds. The molecule has 4 fully saturated rings. The molecular weight excluding hydrogens is 841 g/mol. The third-order valence-corrected chi connectivity index (χ3v) is 12.9. The molecule has 1 saturated carbocycles. The molecular formula is C46H66N8O11. The maximum atomic E-state index is 14.5. The number of rotatable bonds is 12. The normalized spacial score (nSPS) is 24.6. The molecule has 1 aromatic heterocycles. The smallest absolute Gasteiger partial charge is 0.408 e. The fourth-order valence-electron chi connectivity index (χ4n) is 9.71. The maximum Gasteiger partial charge on any atom is 0.408 e. The van der Waals surface area contributed by atoms with E-state index in [0.717, 1.165) is 37.7 Å². The summed E-state index contributed by atoms with van der Waals surface area (Å²) in [6.07, 6.45) is 4.94. The second kappa shape index (κ2) is 19.8. The van der Waals surface area contributed by atoms with E-state index in [4.69, 9.17) is 15.2 Å². The van der Waals surface area contributed by atoms with Gasteiger partial charge in [-0.15, -0.1) is 0 Å². The molecule has 2 aromatic rings. The van der Waals surface area contributed by atoms with Crippen molar-refractivity contribution >= 4 is 58.5 Å². The Labute approximate surface area is 378 Å². The van der Waals surface area contributed by atoms with Gasteiger partial charge in [0.2, 0.25) is 35.4 Å². The van der Waals surface area contributed by atoms with Crippen LogP contribution in [-0.2, 0) is 56.5 Å². The number of primary amides is 1. The summed E-state index contributed by atoms with van der Waals surface area (Å²) in [4.78, 5) is 121. The first-order chi connectivity index (χ1) is 30.5. The minimum Gasteiger partial charge on any atom is -0.458 e. The highest BCUT2D eigenvalue weighted by Crippen LogP contribution is 2.35. The molecule has 0 bridgehead atoms. The van der Waals surface area contributed by atoms with Gasteiger partial charge in [0.25, 0.3) is 0 Å². The van der Waals surface area contributed by atoms with Gasteiger partial charge >= 0.3 is 17.8 Å². The van der Waals surface area contributed by atoms with Gasteiger partial charge < -0.3 is 35.6 Å². The highest BCUT2D eigenvalue weighted by atomic mass is 16.6. The van der Waals surface area contributed by atoms with Crippen LogP contribution in [0.2, 0.25) is 0 Å². The summed E-state index contributed by atoms with van der Waals surface area (Å²) in [7, 11) is 1.68.